The zero-order valence-electron chi connectivity index (χ0n) is 25.2. The smallest absolute Gasteiger partial charge is 0.417 e. The molecule has 3 unspecified atom stereocenters. The van der Waals surface area contributed by atoms with E-state index in [-0.39, 0.29) is 30.8 Å². The normalized spacial score (nSPS) is 18.0. The van der Waals surface area contributed by atoms with Crippen LogP contribution in [0.4, 0.5) is 15.3 Å². The van der Waals surface area contributed by atoms with E-state index in [1.54, 1.807) is 32.9 Å². The highest BCUT2D eigenvalue weighted by molar-refractivity contribution is 5.98. The van der Waals surface area contributed by atoms with Gasteiger partial charge in [-0.1, -0.05) is 39.8 Å². The van der Waals surface area contributed by atoms with Gasteiger partial charge in [-0.05, 0) is 70.1 Å². The Labute approximate surface area is 242 Å². The summed E-state index contributed by atoms with van der Waals surface area (Å²) in [5, 5.41) is 7.99. The van der Waals surface area contributed by atoms with Crippen LogP contribution >= 0.6 is 0 Å². The number of benzene rings is 1. The highest BCUT2D eigenvalue weighted by Crippen LogP contribution is 2.37. The fourth-order valence-electron chi connectivity index (χ4n) is 4.55. The Morgan fingerprint density at radius 1 is 1.10 bits per heavy atom. The molecule has 1 fully saturated rings. The monoisotopic (exact) mass is 574 g/mol. The van der Waals surface area contributed by atoms with Crippen molar-refractivity contribution in [1.29, 1.82) is 0 Å². The van der Waals surface area contributed by atoms with Crippen molar-refractivity contribution in [2.75, 3.05) is 11.9 Å². The van der Waals surface area contributed by atoms with Crippen LogP contribution in [0.3, 0.4) is 0 Å². The van der Waals surface area contributed by atoms with Gasteiger partial charge in [-0.2, -0.15) is 0 Å². The van der Waals surface area contributed by atoms with Gasteiger partial charge in [0, 0.05) is 23.7 Å². The van der Waals surface area contributed by atoms with Gasteiger partial charge in [0.2, 0.25) is 17.7 Å². The van der Waals surface area contributed by atoms with Gasteiger partial charge < -0.3 is 32.2 Å². The molecule has 2 rings (SSSR count). The Balaban J connectivity index is 2.11. The molecule has 0 aromatic heterocycles. The number of hydrogen-bond donors (Lipinski definition) is 5. The number of hydrogen-bond acceptors (Lipinski definition) is 7. The van der Waals surface area contributed by atoms with E-state index in [9.17, 15) is 24.0 Å². The van der Waals surface area contributed by atoms with Gasteiger partial charge in [0.15, 0.2) is 0 Å². The molecular formula is C29H46N6O6. The lowest BCUT2D eigenvalue weighted by Gasteiger charge is -2.27. The van der Waals surface area contributed by atoms with Gasteiger partial charge >= 0.3 is 12.1 Å². The second-order valence-electron chi connectivity index (χ2n) is 12.6. The second kappa shape index (κ2) is 13.8. The molecule has 1 saturated heterocycles. The Bertz CT molecular complexity index is 1110. The van der Waals surface area contributed by atoms with Crippen molar-refractivity contribution >= 4 is 35.5 Å². The minimum atomic E-state index is -0.879. The first-order chi connectivity index (χ1) is 18.9. The number of anilines is 1. The van der Waals surface area contributed by atoms with Gasteiger partial charge in [-0.15, -0.1) is 0 Å². The molecule has 1 aliphatic heterocycles. The quantitative estimate of drug-likeness (QED) is 0.251. The van der Waals surface area contributed by atoms with E-state index < -0.39 is 47.0 Å². The van der Waals surface area contributed by atoms with Crippen LogP contribution in [0.1, 0.15) is 73.3 Å². The minimum absolute atomic E-state index is 0.116. The number of amides is 6. The van der Waals surface area contributed by atoms with Gasteiger partial charge in [-0.3, -0.25) is 14.4 Å². The van der Waals surface area contributed by atoms with E-state index in [0.29, 0.717) is 24.9 Å². The van der Waals surface area contributed by atoms with E-state index in [4.69, 9.17) is 16.2 Å². The molecule has 1 aromatic rings. The minimum Gasteiger partial charge on any atom is -0.443 e. The lowest BCUT2D eigenvalue weighted by Crippen LogP contribution is -2.51. The zero-order chi connectivity index (χ0) is 31.1. The topological polar surface area (TPSA) is 186 Å². The molecular weight excluding hydrogens is 528 g/mol. The first kappa shape index (κ1) is 33.5. The summed E-state index contributed by atoms with van der Waals surface area (Å²) in [6, 6.07) is 4.39. The average molecular weight is 575 g/mol. The molecule has 41 heavy (non-hydrogen) atoms. The Hall–Kier alpha value is -3.67. The fraction of sp³-hybridized carbons (Fsp3) is 0.621. The largest absolute Gasteiger partial charge is 0.443 e. The third-order valence-corrected chi connectivity index (χ3v) is 6.81. The highest BCUT2D eigenvalue weighted by Gasteiger charge is 2.49. The lowest BCUT2D eigenvalue weighted by molar-refractivity contribution is -0.134. The van der Waals surface area contributed by atoms with Crippen molar-refractivity contribution in [1.82, 2.24) is 15.5 Å². The van der Waals surface area contributed by atoms with Crippen LogP contribution in [-0.2, 0) is 25.5 Å². The number of nitrogens with one attached hydrogen (secondary N) is 3. The van der Waals surface area contributed by atoms with Crippen molar-refractivity contribution in [3.05, 3.63) is 29.8 Å². The predicted molar refractivity (Wildman–Crippen MR) is 156 cm³/mol. The number of nitrogens with zero attached hydrogens (tertiary/aromatic N) is 1. The summed E-state index contributed by atoms with van der Waals surface area (Å²) >= 11 is 0. The number of rotatable bonds is 11. The molecule has 12 heteroatoms. The number of imide groups is 1. The lowest BCUT2D eigenvalue weighted by atomic mass is 9.88. The van der Waals surface area contributed by atoms with Crippen molar-refractivity contribution < 1.29 is 28.7 Å². The number of carbonyl (C=O) groups is 5. The molecule has 1 heterocycles. The third kappa shape index (κ3) is 10.0. The summed E-state index contributed by atoms with van der Waals surface area (Å²) in [5.41, 5.74) is 11.0. The molecule has 0 bridgehead atoms. The number of urea groups is 1. The first-order valence-electron chi connectivity index (χ1n) is 14.0. The molecule has 0 saturated carbocycles. The summed E-state index contributed by atoms with van der Waals surface area (Å²) in [4.78, 5) is 63.7. The van der Waals surface area contributed by atoms with Crippen molar-refractivity contribution in [3.8, 4) is 0 Å². The molecule has 228 valence electrons. The predicted octanol–water partition coefficient (Wildman–Crippen LogP) is 2.65. The van der Waals surface area contributed by atoms with E-state index in [1.165, 1.54) is 4.90 Å². The van der Waals surface area contributed by atoms with Crippen molar-refractivity contribution in [3.63, 3.8) is 0 Å². The summed E-state index contributed by atoms with van der Waals surface area (Å²) in [7, 11) is 0. The van der Waals surface area contributed by atoms with Crippen LogP contribution in [0.2, 0.25) is 0 Å². The summed E-state index contributed by atoms with van der Waals surface area (Å²) in [6.07, 6.45) is 0.933. The molecule has 0 aliphatic carbocycles. The standard InChI is InChI=1S/C29H46N6O6/c1-17(2)22(30)24(37)34-21(9-8-14-32-26(31)39)23(36)33-19-12-10-18(11-13-19)15-20-16-29(6,7)25(38)35(20)27(40)41-28(3,4)5/h10-13,17,20-22H,8-9,14-16,30H2,1-7H3,(H,33,36)(H,34,37)(H3,31,32,39). The second-order valence-corrected chi connectivity index (χ2v) is 12.6. The Morgan fingerprint density at radius 3 is 2.24 bits per heavy atom. The SMILES string of the molecule is CC(C)C(N)C(=O)NC(CCCNC(N)=O)C(=O)Nc1ccc(CC2CC(C)(C)C(=O)N2C(=O)OC(C)(C)C)cc1. The van der Waals surface area contributed by atoms with E-state index in [1.807, 2.05) is 39.8 Å². The molecule has 0 radical (unpaired) electrons. The van der Waals surface area contributed by atoms with Crippen LogP contribution < -0.4 is 27.4 Å². The first-order valence-corrected chi connectivity index (χ1v) is 14.0. The van der Waals surface area contributed by atoms with Gasteiger partial charge in [0.05, 0.1) is 6.04 Å². The van der Waals surface area contributed by atoms with E-state index in [0.717, 1.165) is 5.56 Å². The van der Waals surface area contributed by atoms with Crippen LogP contribution in [0.25, 0.3) is 0 Å². The summed E-state index contributed by atoms with van der Waals surface area (Å²) in [6.45, 7) is 12.8. The maximum absolute atomic E-state index is 13.1. The van der Waals surface area contributed by atoms with E-state index in [2.05, 4.69) is 16.0 Å². The molecule has 1 aromatic carbocycles. The van der Waals surface area contributed by atoms with Gasteiger partial charge in [-0.25, -0.2) is 14.5 Å². The number of carbonyl (C=O) groups excluding carboxylic acids is 5. The Morgan fingerprint density at radius 2 is 1.71 bits per heavy atom. The highest BCUT2D eigenvalue weighted by atomic mass is 16.6. The molecule has 0 spiro atoms. The number of ether oxygens (including phenoxy) is 1. The molecule has 3 atom stereocenters. The van der Waals surface area contributed by atoms with Crippen molar-refractivity contribution in [2.45, 2.75) is 97.9 Å². The van der Waals surface area contributed by atoms with Crippen LogP contribution in [0.5, 0.6) is 0 Å². The van der Waals surface area contributed by atoms with Gasteiger partial charge in [0.25, 0.3) is 0 Å². The molecule has 1 aliphatic rings. The summed E-state index contributed by atoms with van der Waals surface area (Å²) in [5.74, 6) is -1.26. The average Bonchev–Trinajstić information content (AvgIpc) is 3.07. The molecule has 12 nitrogen and oxygen atoms in total. The van der Waals surface area contributed by atoms with Crippen LogP contribution in [0, 0.1) is 11.3 Å². The zero-order valence-corrected chi connectivity index (χ0v) is 25.2. The molecule has 6 amide bonds. The Kier molecular flexibility index (Phi) is 11.3. The maximum atomic E-state index is 13.1. The van der Waals surface area contributed by atoms with Crippen LogP contribution in [0.15, 0.2) is 24.3 Å². The number of nitrogens with two attached hydrogens (primary N) is 2. The fourth-order valence-corrected chi connectivity index (χ4v) is 4.55. The third-order valence-electron chi connectivity index (χ3n) is 6.81. The maximum Gasteiger partial charge on any atom is 0.417 e. The van der Waals surface area contributed by atoms with Crippen molar-refractivity contribution in [2.24, 2.45) is 22.8 Å². The van der Waals surface area contributed by atoms with Gasteiger partial charge in [0.1, 0.15) is 11.6 Å². The van der Waals surface area contributed by atoms with Crippen LogP contribution in [-0.4, -0.2) is 65.0 Å². The molecule has 7 N–H and O–H groups in total. The summed E-state index contributed by atoms with van der Waals surface area (Å²) < 4.78 is 5.49. The number of likely N-dealkylation sites (tertiary alicyclic amines) is 1. The number of primary amides is 1. The van der Waals surface area contributed by atoms with E-state index >= 15 is 0 Å².